The van der Waals surface area contributed by atoms with Crippen molar-refractivity contribution in [1.82, 2.24) is 0 Å². The highest BCUT2D eigenvalue weighted by Crippen LogP contribution is 2.29. The first-order valence-corrected chi connectivity index (χ1v) is 7.10. The van der Waals surface area contributed by atoms with Gasteiger partial charge in [-0.05, 0) is 30.5 Å². The van der Waals surface area contributed by atoms with Crippen LogP contribution in [0.1, 0.15) is 38.4 Å². The fourth-order valence-corrected chi connectivity index (χ4v) is 2.15. The van der Waals surface area contributed by atoms with Gasteiger partial charge in [0, 0.05) is 12.2 Å². The quantitative estimate of drug-likeness (QED) is 0.755. The molecule has 0 spiro atoms. The molecule has 1 N–H and O–H groups in total. The Morgan fingerprint density at radius 2 is 1.90 bits per heavy atom. The van der Waals surface area contributed by atoms with Gasteiger partial charge in [-0.2, -0.15) is 0 Å². The molecule has 0 aliphatic rings. The standard InChI is InChI=1S/C16H26O4/c1-5-6-12(2)10-20-11-15(17)14-9-13(18-3)7-8-16(14)19-4/h7-9,12,15,17H,5-6,10-11H2,1-4H3. The van der Waals surface area contributed by atoms with Crippen LogP contribution >= 0.6 is 0 Å². The lowest BCUT2D eigenvalue weighted by Crippen LogP contribution is -2.13. The summed E-state index contributed by atoms with van der Waals surface area (Å²) in [6.45, 7) is 5.24. The van der Waals surface area contributed by atoms with E-state index in [4.69, 9.17) is 14.2 Å². The van der Waals surface area contributed by atoms with E-state index in [9.17, 15) is 5.11 Å². The van der Waals surface area contributed by atoms with Crippen LogP contribution in [0.25, 0.3) is 0 Å². The molecule has 1 rings (SSSR count). The number of rotatable bonds is 9. The van der Waals surface area contributed by atoms with Gasteiger partial charge in [0.05, 0.1) is 20.8 Å². The van der Waals surface area contributed by atoms with Gasteiger partial charge < -0.3 is 19.3 Å². The first-order valence-electron chi connectivity index (χ1n) is 7.10. The van der Waals surface area contributed by atoms with Crippen LogP contribution in [0.4, 0.5) is 0 Å². The molecule has 114 valence electrons. The van der Waals surface area contributed by atoms with Gasteiger partial charge in [0.25, 0.3) is 0 Å². The van der Waals surface area contributed by atoms with Crippen molar-refractivity contribution in [3.05, 3.63) is 23.8 Å². The Morgan fingerprint density at radius 3 is 2.50 bits per heavy atom. The van der Waals surface area contributed by atoms with Crippen molar-refractivity contribution in [1.29, 1.82) is 0 Å². The molecule has 1 aromatic rings. The molecule has 0 aromatic heterocycles. The van der Waals surface area contributed by atoms with Crippen LogP contribution < -0.4 is 9.47 Å². The summed E-state index contributed by atoms with van der Waals surface area (Å²) in [6.07, 6.45) is 1.57. The normalized spacial score (nSPS) is 13.8. The smallest absolute Gasteiger partial charge is 0.125 e. The molecule has 4 heteroatoms. The van der Waals surface area contributed by atoms with E-state index < -0.39 is 6.10 Å². The van der Waals surface area contributed by atoms with Crippen LogP contribution in [0.2, 0.25) is 0 Å². The number of aliphatic hydroxyl groups excluding tert-OH is 1. The van der Waals surface area contributed by atoms with Crippen molar-refractivity contribution >= 4 is 0 Å². The van der Waals surface area contributed by atoms with E-state index in [0.29, 0.717) is 29.6 Å². The minimum atomic E-state index is -0.714. The minimum Gasteiger partial charge on any atom is -0.497 e. The molecule has 0 heterocycles. The average Bonchev–Trinajstić information content (AvgIpc) is 2.46. The molecule has 0 fully saturated rings. The number of aliphatic hydroxyl groups is 1. The molecule has 1 aromatic carbocycles. The van der Waals surface area contributed by atoms with Gasteiger partial charge >= 0.3 is 0 Å². The van der Waals surface area contributed by atoms with Crippen LogP contribution in [0.15, 0.2) is 18.2 Å². The summed E-state index contributed by atoms with van der Waals surface area (Å²) in [5.74, 6) is 1.85. The van der Waals surface area contributed by atoms with E-state index in [1.807, 2.05) is 0 Å². The van der Waals surface area contributed by atoms with E-state index >= 15 is 0 Å². The zero-order chi connectivity index (χ0) is 15.0. The third-order valence-corrected chi connectivity index (χ3v) is 3.26. The number of benzene rings is 1. The van der Waals surface area contributed by atoms with Gasteiger partial charge in [0.15, 0.2) is 0 Å². The molecule has 0 radical (unpaired) electrons. The Kier molecular flexibility index (Phi) is 7.41. The maximum Gasteiger partial charge on any atom is 0.125 e. The number of hydrogen-bond acceptors (Lipinski definition) is 4. The van der Waals surface area contributed by atoms with Gasteiger partial charge in [-0.1, -0.05) is 20.3 Å². The zero-order valence-corrected chi connectivity index (χ0v) is 12.9. The van der Waals surface area contributed by atoms with Crippen molar-refractivity contribution in [2.45, 2.75) is 32.8 Å². The lowest BCUT2D eigenvalue weighted by Gasteiger charge is -2.17. The first kappa shape index (κ1) is 16.8. The second kappa shape index (κ2) is 8.82. The number of hydrogen-bond donors (Lipinski definition) is 1. The molecule has 20 heavy (non-hydrogen) atoms. The van der Waals surface area contributed by atoms with Crippen LogP contribution in [0.3, 0.4) is 0 Å². The predicted octanol–water partition coefficient (Wildman–Crippen LogP) is 3.19. The maximum atomic E-state index is 10.2. The van der Waals surface area contributed by atoms with E-state index in [1.54, 1.807) is 32.4 Å². The molecule has 0 bridgehead atoms. The van der Waals surface area contributed by atoms with Crippen molar-refractivity contribution in [3.63, 3.8) is 0 Å². The highest BCUT2D eigenvalue weighted by Gasteiger charge is 2.15. The Morgan fingerprint density at radius 1 is 1.15 bits per heavy atom. The fourth-order valence-electron chi connectivity index (χ4n) is 2.15. The summed E-state index contributed by atoms with van der Waals surface area (Å²) in [5.41, 5.74) is 0.690. The third-order valence-electron chi connectivity index (χ3n) is 3.26. The SMILES string of the molecule is CCCC(C)COCC(O)c1cc(OC)ccc1OC. The number of methoxy groups -OCH3 is 2. The van der Waals surface area contributed by atoms with Crippen molar-refractivity contribution in [2.75, 3.05) is 27.4 Å². The van der Waals surface area contributed by atoms with Crippen molar-refractivity contribution in [3.8, 4) is 11.5 Å². The second-order valence-electron chi connectivity index (χ2n) is 5.05. The monoisotopic (exact) mass is 282 g/mol. The Hall–Kier alpha value is -1.26. The van der Waals surface area contributed by atoms with Crippen molar-refractivity contribution in [2.24, 2.45) is 5.92 Å². The van der Waals surface area contributed by atoms with Gasteiger partial charge in [-0.25, -0.2) is 0 Å². The highest BCUT2D eigenvalue weighted by molar-refractivity contribution is 5.41. The summed E-state index contributed by atoms with van der Waals surface area (Å²) >= 11 is 0. The number of ether oxygens (including phenoxy) is 3. The average molecular weight is 282 g/mol. The highest BCUT2D eigenvalue weighted by atomic mass is 16.5. The van der Waals surface area contributed by atoms with E-state index in [0.717, 1.165) is 12.8 Å². The topological polar surface area (TPSA) is 47.9 Å². The summed E-state index contributed by atoms with van der Waals surface area (Å²) in [5, 5.41) is 10.2. The van der Waals surface area contributed by atoms with Gasteiger partial charge in [0.1, 0.15) is 17.6 Å². The summed E-state index contributed by atoms with van der Waals surface area (Å²) in [7, 11) is 3.18. The Balaban J connectivity index is 2.59. The molecular weight excluding hydrogens is 256 g/mol. The Labute approximate surface area is 121 Å². The largest absolute Gasteiger partial charge is 0.497 e. The molecule has 0 saturated heterocycles. The maximum absolute atomic E-state index is 10.2. The van der Waals surface area contributed by atoms with Gasteiger partial charge in [-0.3, -0.25) is 0 Å². The van der Waals surface area contributed by atoms with E-state index in [1.165, 1.54) is 0 Å². The molecular formula is C16H26O4. The fraction of sp³-hybridized carbons (Fsp3) is 0.625. The van der Waals surface area contributed by atoms with Gasteiger partial charge in [-0.15, -0.1) is 0 Å². The Bertz CT molecular complexity index is 392. The molecule has 0 amide bonds. The van der Waals surface area contributed by atoms with Crippen molar-refractivity contribution < 1.29 is 19.3 Å². The molecule has 0 aliphatic carbocycles. The van der Waals surface area contributed by atoms with Crippen LogP contribution in [-0.4, -0.2) is 32.5 Å². The predicted molar refractivity (Wildman–Crippen MR) is 79.4 cm³/mol. The molecule has 2 atom stereocenters. The van der Waals surface area contributed by atoms with Crippen LogP contribution in [0, 0.1) is 5.92 Å². The van der Waals surface area contributed by atoms with Crippen LogP contribution in [-0.2, 0) is 4.74 Å². The minimum absolute atomic E-state index is 0.261. The summed E-state index contributed by atoms with van der Waals surface area (Å²) < 4.78 is 16.0. The second-order valence-corrected chi connectivity index (χ2v) is 5.05. The molecule has 0 saturated carbocycles. The summed E-state index contributed by atoms with van der Waals surface area (Å²) in [4.78, 5) is 0. The molecule has 2 unspecified atom stereocenters. The molecule has 0 aliphatic heterocycles. The lowest BCUT2D eigenvalue weighted by atomic mass is 10.1. The van der Waals surface area contributed by atoms with Crippen LogP contribution in [0.5, 0.6) is 11.5 Å². The van der Waals surface area contributed by atoms with Gasteiger partial charge in [0.2, 0.25) is 0 Å². The van der Waals surface area contributed by atoms with E-state index in [-0.39, 0.29) is 6.61 Å². The molecule has 4 nitrogen and oxygen atoms in total. The zero-order valence-electron chi connectivity index (χ0n) is 12.9. The van der Waals surface area contributed by atoms with E-state index in [2.05, 4.69) is 13.8 Å². The first-order chi connectivity index (χ1) is 9.62. The third kappa shape index (κ3) is 5.02. The summed E-state index contributed by atoms with van der Waals surface area (Å²) in [6, 6.07) is 5.37. The lowest BCUT2D eigenvalue weighted by molar-refractivity contribution is 0.0204.